The molecule has 0 aliphatic carbocycles. The Hall–Kier alpha value is -3.88. The fraction of sp³-hybridized carbons (Fsp3) is 0.190. The van der Waals surface area contributed by atoms with Crippen LogP contribution in [0.5, 0.6) is 11.5 Å². The molecule has 0 saturated carbocycles. The van der Waals surface area contributed by atoms with Crippen molar-refractivity contribution >= 4 is 11.9 Å². The predicted octanol–water partition coefficient (Wildman–Crippen LogP) is 2.78. The second kappa shape index (κ2) is 7.86. The Balaban J connectivity index is 1.69. The van der Waals surface area contributed by atoms with E-state index >= 15 is 0 Å². The number of ether oxygens (including phenoxy) is 2. The molecule has 1 aliphatic heterocycles. The number of anilines is 1. The van der Waals surface area contributed by atoms with E-state index in [-0.39, 0.29) is 12.4 Å². The van der Waals surface area contributed by atoms with Gasteiger partial charge in [-0.1, -0.05) is 24.3 Å². The normalized spacial score (nSPS) is 15.4. The maximum atomic E-state index is 13.9. The zero-order chi connectivity index (χ0) is 21.3. The third-order valence-electron chi connectivity index (χ3n) is 4.90. The standard InChI is InChI=1S/C21H20FN5O3/c1-12-18(20(23)28)19(27-21(26-12)24-11-25-27)13-7-8-16(17(9-13)29-2)30-10-14-5-3-4-6-15(14)22/h3-9,11,19H,10H2,1-2H3,(H2,23,28)(H,24,25,26)/t19-/m1/s1. The third kappa shape index (κ3) is 3.45. The maximum absolute atomic E-state index is 13.9. The van der Waals surface area contributed by atoms with Crippen LogP contribution in [0, 0.1) is 5.82 Å². The molecule has 2 heterocycles. The van der Waals surface area contributed by atoms with Gasteiger partial charge in [-0.25, -0.2) is 9.07 Å². The molecule has 4 rings (SSSR count). The van der Waals surface area contributed by atoms with Crippen LogP contribution >= 0.6 is 0 Å². The maximum Gasteiger partial charge on any atom is 0.248 e. The van der Waals surface area contributed by atoms with Gasteiger partial charge in [0.25, 0.3) is 0 Å². The number of primary amides is 1. The molecule has 1 atom stereocenters. The third-order valence-corrected chi connectivity index (χ3v) is 4.90. The molecule has 0 spiro atoms. The summed E-state index contributed by atoms with van der Waals surface area (Å²) in [5.74, 6) is 0.476. The van der Waals surface area contributed by atoms with Gasteiger partial charge < -0.3 is 20.5 Å². The largest absolute Gasteiger partial charge is 0.493 e. The molecule has 3 aromatic rings. The number of aromatic nitrogens is 3. The molecule has 9 heteroatoms. The number of benzene rings is 2. The second-order valence-corrected chi connectivity index (χ2v) is 6.75. The Morgan fingerprint density at radius 2 is 2.07 bits per heavy atom. The topological polar surface area (TPSA) is 104 Å². The molecule has 2 aromatic carbocycles. The average Bonchev–Trinajstić information content (AvgIpc) is 3.20. The lowest BCUT2D eigenvalue weighted by molar-refractivity contribution is -0.115. The highest BCUT2D eigenvalue weighted by molar-refractivity contribution is 5.95. The summed E-state index contributed by atoms with van der Waals surface area (Å²) in [5, 5.41) is 7.26. The SMILES string of the molecule is COc1cc([C@@H]2C(C(N)=O)=C(C)Nc3ncnn32)ccc1OCc1ccccc1F. The van der Waals surface area contributed by atoms with E-state index in [1.165, 1.54) is 19.5 Å². The van der Waals surface area contributed by atoms with Crippen molar-refractivity contribution < 1.29 is 18.7 Å². The number of rotatable bonds is 6. The van der Waals surface area contributed by atoms with Crippen LogP contribution in [0.2, 0.25) is 0 Å². The number of carbonyl (C=O) groups is 1. The van der Waals surface area contributed by atoms with Gasteiger partial charge in [0.05, 0.1) is 12.7 Å². The minimum atomic E-state index is -0.573. The van der Waals surface area contributed by atoms with E-state index in [0.717, 1.165) is 0 Å². The molecule has 30 heavy (non-hydrogen) atoms. The van der Waals surface area contributed by atoms with Gasteiger partial charge in [0, 0.05) is 11.3 Å². The van der Waals surface area contributed by atoms with Crippen LogP contribution < -0.4 is 20.5 Å². The van der Waals surface area contributed by atoms with Gasteiger partial charge in [0.15, 0.2) is 11.5 Å². The van der Waals surface area contributed by atoms with Crippen LogP contribution in [-0.4, -0.2) is 27.8 Å². The van der Waals surface area contributed by atoms with Crippen LogP contribution in [0.1, 0.15) is 24.1 Å². The Bertz CT molecular complexity index is 1140. The number of allylic oxidation sites excluding steroid dienone is 1. The van der Waals surface area contributed by atoms with E-state index < -0.39 is 11.9 Å². The summed E-state index contributed by atoms with van der Waals surface area (Å²) < 4.78 is 26.7. The van der Waals surface area contributed by atoms with Gasteiger partial charge in [0.1, 0.15) is 24.8 Å². The minimum Gasteiger partial charge on any atom is -0.493 e. The molecular weight excluding hydrogens is 389 g/mol. The van der Waals surface area contributed by atoms with Crippen LogP contribution in [0.3, 0.4) is 0 Å². The summed E-state index contributed by atoms with van der Waals surface area (Å²) in [5.41, 5.74) is 7.77. The lowest BCUT2D eigenvalue weighted by atomic mass is 9.95. The first kappa shape index (κ1) is 19.4. The fourth-order valence-electron chi connectivity index (χ4n) is 3.46. The van der Waals surface area contributed by atoms with E-state index in [1.807, 2.05) is 0 Å². The molecule has 3 N–H and O–H groups in total. The van der Waals surface area contributed by atoms with Crippen molar-refractivity contribution in [3.63, 3.8) is 0 Å². The monoisotopic (exact) mass is 409 g/mol. The molecule has 8 nitrogen and oxygen atoms in total. The molecule has 1 aliphatic rings. The zero-order valence-electron chi connectivity index (χ0n) is 16.4. The molecule has 154 valence electrons. The molecule has 1 aromatic heterocycles. The predicted molar refractivity (Wildman–Crippen MR) is 107 cm³/mol. The van der Waals surface area contributed by atoms with Crippen molar-refractivity contribution in [1.82, 2.24) is 14.8 Å². The summed E-state index contributed by atoms with van der Waals surface area (Å²) in [4.78, 5) is 16.3. The van der Waals surface area contributed by atoms with Gasteiger partial charge in [-0.05, 0) is 30.7 Å². The van der Waals surface area contributed by atoms with Crippen molar-refractivity contribution in [3.05, 3.63) is 77.0 Å². The van der Waals surface area contributed by atoms with Crippen LogP contribution in [-0.2, 0) is 11.4 Å². The lowest BCUT2D eigenvalue weighted by Crippen LogP contribution is -2.31. The zero-order valence-corrected chi connectivity index (χ0v) is 16.4. The summed E-state index contributed by atoms with van der Waals surface area (Å²) in [6.07, 6.45) is 1.40. The number of fused-ring (bicyclic) bond motifs is 1. The van der Waals surface area contributed by atoms with E-state index in [4.69, 9.17) is 15.2 Å². The number of nitrogens with one attached hydrogen (secondary N) is 1. The van der Waals surface area contributed by atoms with Crippen molar-refractivity contribution in [2.24, 2.45) is 5.73 Å². The van der Waals surface area contributed by atoms with E-state index in [9.17, 15) is 9.18 Å². The minimum absolute atomic E-state index is 0.0501. The quantitative estimate of drug-likeness (QED) is 0.649. The summed E-state index contributed by atoms with van der Waals surface area (Å²) >= 11 is 0. The second-order valence-electron chi connectivity index (χ2n) is 6.75. The van der Waals surface area contributed by atoms with Crippen LogP contribution in [0.15, 0.2) is 60.1 Å². The number of nitrogens with zero attached hydrogens (tertiary/aromatic N) is 3. The number of carbonyl (C=O) groups excluding carboxylic acids is 1. The number of hydrogen-bond donors (Lipinski definition) is 2. The molecule has 0 unspecified atom stereocenters. The van der Waals surface area contributed by atoms with Crippen molar-refractivity contribution in [2.45, 2.75) is 19.6 Å². The highest BCUT2D eigenvalue weighted by Gasteiger charge is 2.32. The molecule has 0 bridgehead atoms. The smallest absolute Gasteiger partial charge is 0.248 e. The first-order valence-corrected chi connectivity index (χ1v) is 9.21. The summed E-state index contributed by atoms with van der Waals surface area (Å²) in [7, 11) is 1.51. The number of methoxy groups -OCH3 is 1. The number of halogens is 1. The van der Waals surface area contributed by atoms with Crippen molar-refractivity contribution in [3.8, 4) is 11.5 Å². The van der Waals surface area contributed by atoms with Gasteiger partial charge in [-0.15, -0.1) is 0 Å². The number of nitrogens with two attached hydrogens (primary N) is 1. The average molecular weight is 409 g/mol. The lowest BCUT2D eigenvalue weighted by Gasteiger charge is -2.28. The van der Waals surface area contributed by atoms with Gasteiger partial charge in [0.2, 0.25) is 11.9 Å². The number of amides is 1. The highest BCUT2D eigenvalue weighted by atomic mass is 19.1. The summed E-state index contributed by atoms with van der Waals surface area (Å²) in [6, 6.07) is 11.1. The Kier molecular flexibility index (Phi) is 5.09. The highest BCUT2D eigenvalue weighted by Crippen LogP contribution is 2.38. The Morgan fingerprint density at radius 1 is 1.27 bits per heavy atom. The first-order chi connectivity index (χ1) is 14.5. The van der Waals surface area contributed by atoms with Gasteiger partial charge in [-0.3, -0.25) is 4.79 Å². The number of hydrogen-bond acceptors (Lipinski definition) is 6. The van der Waals surface area contributed by atoms with Crippen molar-refractivity contribution in [1.29, 1.82) is 0 Å². The molecular formula is C21H20FN5O3. The van der Waals surface area contributed by atoms with Crippen LogP contribution in [0.25, 0.3) is 0 Å². The van der Waals surface area contributed by atoms with Crippen LogP contribution in [0.4, 0.5) is 10.3 Å². The molecule has 0 fully saturated rings. The van der Waals surface area contributed by atoms with Crippen molar-refractivity contribution in [2.75, 3.05) is 12.4 Å². The molecule has 0 saturated heterocycles. The first-order valence-electron chi connectivity index (χ1n) is 9.21. The summed E-state index contributed by atoms with van der Waals surface area (Å²) in [6.45, 7) is 1.81. The Labute approximate surface area is 172 Å². The van der Waals surface area contributed by atoms with Gasteiger partial charge >= 0.3 is 0 Å². The van der Waals surface area contributed by atoms with E-state index in [1.54, 1.807) is 48.0 Å². The molecule has 0 radical (unpaired) electrons. The molecule has 1 amide bonds. The van der Waals surface area contributed by atoms with E-state index in [0.29, 0.717) is 39.8 Å². The van der Waals surface area contributed by atoms with Gasteiger partial charge in [-0.2, -0.15) is 10.1 Å². The van der Waals surface area contributed by atoms with E-state index in [2.05, 4.69) is 15.4 Å². The Morgan fingerprint density at radius 3 is 2.80 bits per heavy atom. The fourth-order valence-corrected chi connectivity index (χ4v) is 3.46.